The van der Waals surface area contributed by atoms with E-state index in [0.717, 1.165) is 10.0 Å². The summed E-state index contributed by atoms with van der Waals surface area (Å²) >= 11 is 12.5. The number of nitrogens with one attached hydrogen (secondary N) is 2. The molecule has 222 valence electrons. The van der Waals surface area contributed by atoms with Crippen molar-refractivity contribution >= 4 is 75.6 Å². The van der Waals surface area contributed by atoms with Gasteiger partial charge in [-0.3, -0.25) is 10.1 Å². The van der Waals surface area contributed by atoms with E-state index < -0.39 is 35.3 Å². The normalized spacial score (nSPS) is 15.0. The first kappa shape index (κ1) is 30.7. The van der Waals surface area contributed by atoms with Crippen LogP contribution in [0.15, 0.2) is 42.0 Å². The molecule has 1 aromatic heterocycles. The van der Waals surface area contributed by atoms with Crippen molar-refractivity contribution in [1.29, 1.82) is 0 Å². The lowest BCUT2D eigenvalue weighted by atomic mass is 10.1. The number of benzene rings is 2. The maximum absolute atomic E-state index is 13.9. The highest BCUT2D eigenvalue weighted by atomic mass is 35.5. The smallest absolute Gasteiger partial charge is 0.430 e. The lowest BCUT2D eigenvalue weighted by molar-refractivity contribution is -0.115. The molecular weight excluding hydrogens is 587 g/mol. The van der Waals surface area contributed by atoms with E-state index in [1.165, 1.54) is 24.3 Å². The first-order chi connectivity index (χ1) is 19.4. The Bertz CT molecular complexity index is 1630. The predicted octanol–water partition coefficient (Wildman–Crippen LogP) is 7.10. The summed E-state index contributed by atoms with van der Waals surface area (Å²) in [5.74, 6) is -1.90. The number of ether oxygens (including phenoxy) is 2. The monoisotopic (exact) mass is 616 g/mol. The molecule has 1 aliphatic rings. The number of aromatic amines is 1. The van der Waals surface area contributed by atoms with Gasteiger partial charge in [0.25, 0.3) is 5.91 Å². The maximum Gasteiger partial charge on any atom is 0.430 e. The Kier molecular flexibility index (Phi) is 8.21. The van der Waals surface area contributed by atoms with Crippen LogP contribution in [0.4, 0.5) is 21.0 Å². The maximum atomic E-state index is 13.9. The highest BCUT2D eigenvalue weighted by molar-refractivity contribution is 6.39. The summed E-state index contributed by atoms with van der Waals surface area (Å²) in [5, 5.41) is 15.5. The number of amides is 3. The van der Waals surface area contributed by atoms with E-state index in [4.69, 9.17) is 32.7 Å². The highest BCUT2D eigenvalue weighted by Gasteiger charge is 2.40. The van der Waals surface area contributed by atoms with Crippen molar-refractivity contribution in [1.82, 2.24) is 9.99 Å². The van der Waals surface area contributed by atoms with E-state index in [0.29, 0.717) is 21.6 Å². The summed E-state index contributed by atoms with van der Waals surface area (Å²) in [5.41, 5.74) is -0.669. The molecule has 3 amide bonds. The molecule has 0 aliphatic carbocycles. The average molecular weight is 617 g/mol. The second-order valence-corrected chi connectivity index (χ2v) is 12.4. The molecule has 1 fully saturated rings. The molecule has 0 saturated carbocycles. The number of aromatic carboxylic acids is 1. The van der Waals surface area contributed by atoms with Gasteiger partial charge in [-0.25, -0.2) is 24.4 Å². The highest BCUT2D eigenvalue weighted by Crippen LogP contribution is 2.36. The number of halogens is 2. The predicted molar refractivity (Wildman–Crippen MR) is 160 cm³/mol. The number of nitrogens with zero attached hydrogens (tertiary/aromatic N) is 2. The van der Waals surface area contributed by atoms with Crippen LogP contribution >= 0.6 is 23.2 Å². The van der Waals surface area contributed by atoms with Crippen LogP contribution in [0, 0.1) is 0 Å². The van der Waals surface area contributed by atoms with E-state index in [-0.39, 0.29) is 34.1 Å². The number of carboxylic acids is 1. The lowest BCUT2D eigenvalue weighted by Crippen LogP contribution is -2.45. The molecule has 11 nitrogen and oxygen atoms in total. The molecule has 3 N–H and O–H groups in total. The van der Waals surface area contributed by atoms with Crippen LogP contribution in [0.2, 0.25) is 10.0 Å². The molecule has 2 aromatic carbocycles. The van der Waals surface area contributed by atoms with E-state index in [9.17, 15) is 24.3 Å². The zero-order chi connectivity index (χ0) is 31.1. The van der Waals surface area contributed by atoms with Crippen molar-refractivity contribution in [3.63, 3.8) is 0 Å². The van der Waals surface area contributed by atoms with Crippen LogP contribution in [0.3, 0.4) is 0 Å². The summed E-state index contributed by atoms with van der Waals surface area (Å²) in [6, 6.07) is 9.25. The van der Waals surface area contributed by atoms with Crippen molar-refractivity contribution < 1.29 is 33.8 Å². The minimum Gasteiger partial charge on any atom is -0.477 e. The molecule has 1 aliphatic heterocycles. The summed E-state index contributed by atoms with van der Waals surface area (Å²) < 4.78 is 10.9. The first-order valence-electron chi connectivity index (χ1n) is 12.8. The van der Waals surface area contributed by atoms with E-state index in [1.807, 2.05) is 0 Å². The van der Waals surface area contributed by atoms with Gasteiger partial charge in [0.05, 0.1) is 17.3 Å². The van der Waals surface area contributed by atoms with Gasteiger partial charge in [-0.15, -0.1) is 0 Å². The summed E-state index contributed by atoms with van der Waals surface area (Å²) in [6.07, 6.45) is -0.133. The van der Waals surface area contributed by atoms with Gasteiger partial charge < -0.3 is 19.6 Å². The Balaban J connectivity index is 1.80. The Morgan fingerprint density at radius 2 is 1.69 bits per heavy atom. The van der Waals surface area contributed by atoms with Crippen LogP contribution in [0.1, 0.15) is 57.6 Å². The SMILES string of the molecule is CC(C)(C)OC(=O)Nc1cccc(N2C(=O)/C(=C/c3c(C(=O)O)[nH]c4cc(Cl)cc(Cl)c34)CN2C(=O)OC(C)(C)C)c1. The lowest BCUT2D eigenvalue weighted by Gasteiger charge is -2.30. The number of hydrogen-bond acceptors (Lipinski definition) is 6. The molecule has 0 atom stereocenters. The molecule has 2 heterocycles. The molecule has 42 heavy (non-hydrogen) atoms. The molecule has 0 bridgehead atoms. The van der Waals surface area contributed by atoms with Crippen LogP contribution < -0.4 is 10.3 Å². The fraction of sp³-hybridized carbons (Fsp3) is 0.310. The average Bonchev–Trinajstić information content (AvgIpc) is 3.35. The molecule has 4 rings (SSSR count). The van der Waals surface area contributed by atoms with Gasteiger partial charge in [0.1, 0.15) is 16.9 Å². The standard InChI is InChI=1S/C29H30Cl2N4O7/c1-28(2,3)41-26(39)32-17-8-7-9-18(13-17)35-24(36)15(14-34(35)27(40)42-29(4,5)6)10-19-22-20(31)11-16(30)12-21(22)33-23(19)25(37)38/h7-13,33H,14H2,1-6H3,(H,32,39)(H,37,38)/b15-10+. The number of hydrogen-bond donors (Lipinski definition) is 3. The molecule has 0 unspecified atom stereocenters. The summed E-state index contributed by atoms with van der Waals surface area (Å²) in [7, 11) is 0. The third kappa shape index (κ3) is 6.80. The number of carbonyl (C=O) groups excluding carboxylic acids is 3. The number of H-pyrrole nitrogens is 1. The fourth-order valence-electron chi connectivity index (χ4n) is 4.27. The van der Waals surface area contributed by atoms with Gasteiger partial charge in [-0.05, 0) is 78.0 Å². The number of hydrazine groups is 1. The minimum atomic E-state index is -1.28. The van der Waals surface area contributed by atoms with Crippen molar-refractivity contribution in [3.05, 3.63) is 63.3 Å². The number of rotatable bonds is 4. The van der Waals surface area contributed by atoms with Gasteiger partial charge in [-0.2, -0.15) is 0 Å². The van der Waals surface area contributed by atoms with E-state index in [2.05, 4.69) is 10.3 Å². The van der Waals surface area contributed by atoms with Crippen LogP contribution in [-0.2, 0) is 14.3 Å². The van der Waals surface area contributed by atoms with E-state index >= 15 is 0 Å². The van der Waals surface area contributed by atoms with Crippen molar-refractivity contribution in [3.8, 4) is 0 Å². The van der Waals surface area contributed by atoms with Gasteiger partial charge >= 0.3 is 18.2 Å². The molecule has 0 spiro atoms. The topological polar surface area (TPSA) is 141 Å². The number of carboxylic acid groups (broad SMARTS) is 1. The van der Waals surface area contributed by atoms with Crippen LogP contribution in [0.25, 0.3) is 17.0 Å². The Labute approximate surface area is 251 Å². The third-order valence-corrected chi connectivity index (χ3v) is 6.27. The minimum absolute atomic E-state index is 0.0841. The third-order valence-electron chi connectivity index (χ3n) is 5.75. The van der Waals surface area contributed by atoms with Gasteiger partial charge in [0.15, 0.2) is 0 Å². The molecule has 1 saturated heterocycles. The van der Waals surface area contributed by atoms with Crippen molar-refractivity contribution in [2.24, 2.45) is 0 Å². The number of anilines is 2. The van der Waals surface area contributed by atoms with Gasteiger partial charge in [0.2, 0.25) is 0 Å². The second kappa shape index (κ2) is 11.2. The number of aromatic nitrogens is 1. The molecule has 13 heteroatoms. The molecule has 0 radical (unpaired) electrons. The van der Waals surface area contributed by atoms with Crippen molar-refractivity contribution in [2.75, 3.05) is 16.9 Å². The molecular formula is C29H30Cl2N4O7. The zero-order valence-electron chi connectivity index (χ0n) is 23.8. The Hall–Kier alpha value is -4.22. The Morgan fingerprint density at radius 1 is 1.02 bits per heavy atom. The largest absolute Gasteiger partial charge is 0.477 e. The summed E-state index contributed by atoms with van der Waals surface area (Å²) in [6.45, 7) is 10.00. The Morgan fingerprint density at radius 3 is 2.31 bits per heavy atom. The first-order valence-corrected chi connectivity index (χ1v) is 13.6. The molecule has 3 aromatic rings. The van der Waals surface area contributed by atoms with Gasteiger partial charge in [-0.1, -0.05) is 29.3 Å². The number of carbonyl (C=O) groups is 4. The zero-order valence-corrected chi connectivity index (χ0v) is 25.3. The van der Waals surface area contributed by atoms with Crippen LogP contribution in [-0.4, -0.2) is 56.9 Å². The van der Waals surface area contributed by atoms with Crippen molar-refractivity contribution in [2.45, 2.75) is 52.7 Å². The second-order valence-electron chi connectivity index (χ2n) is 11.5. The number of fused-ring (bicyclic) bond motifs is 1. The van der Waals surface area contributed by atoms with E-state index in [1.54, 1.807) is 59.7 Å². The fourth-order valence-corrected chi connectivity index (χ4v) is 4.86. The quantitative estimate of drug-likeness (QED) is 0.265. The summed E-state index contributed by atoms with van der Waals surface area (Å²) in [4.78, 5) is 54.4. The van der Waals surface area contributed by atoms with Crippen LogP contribution in [0.5, 0.6) is 0 Å². The van der Waals surface area contributed by atoms with Gasteiger partial charge in [0, 0.05) is 32.7 Å².